The first-order valence-corrected chi connectivity index (χ1v) is 6.47. The SMILES string of the molecule is COC(=O)CCCCSc1ccc(C)cc1. The van der Waals surface area contributed by atoms with E-state index in [4.69, 9.17) is 0 Å². The van der Waals surface area contributed by atoms with Gasteiger partial charge in [0, 0.05) is 11.3 Å². The Balaban J connectivity index is 2.11. The van der Waals surface area contributed by atoms with Gasteiger partial charge in [-0.3, -0.25) is 4.79 Å². The first-order chi connectivity index (χ1) is 7.72. The van der Waals surface area contributed by atoms with E-state index in [-0.39, 0.29) is 5.97 Å². The van der Waals surface area contributed by atoms with Crippen LogP contribution in [0.25, 0.3) is 0 Å². The molecule has 0 aromatic heterocycles. The van der Waals surface area contributed by atoms with E-state index in [9.17, 15) is 4.79 Å². The fourth-order valence-electron chi connectivity index (χ4n) is 1.30. The molecule has 0 saturated heterocycles. The largest absolute Gasteiger partial charge is 0.469 e. The van der Waals surface area contributed by atoms with E-state index in [0.29, 0.717) is 6.42 Å². The molecule has 0 atom stereocenters. The average Bonchev–Trinajstić information content (AvgIpc) is 2.31. The maximum absolute atomic E-state index is 10.9. The Kier molecular flexibility index (Phi) is 6.01. The van der Waals surface area contributed by atoms with E-state index < -0.39 is 0 Å². The summed E-state index contributed by atoms with van der Waals surface area (Å²) in [5, 5.41) is 0. The molecule has 0 heterocycles. The van der Waals surface area contributed by atoms with Gasteiger partial charge in [0.25, 0.3) is 0 Å². The third-order valence-corrected chi connectivity index (χ3v) is 3.39. The van der Waals surface area contributed by atoms with E-state index in [1.165, 1.54) is 17.6 Å². The van der Waals surface area contributed by atoms with Crippen molar-refractivity contribution >= 4 is 17.7 Å². The number of benzene rings is 1. The van der Waals surface area contributed by atoms with Crippen LogP contribution in [0.3, 0.4) is 0 Å². The van der Waals surface area contributed by atoms with Gasteiger partial charge in [0.05, 0.1) is 7.11 Å². The van der Waals surface area contributed by atoms with Gasteiger partial charge >= 0.3 is 5.97 Å². The number of rotatable bonds is 6. The molecule has 16 heavy (non-hydrogen) atoms. The molecule has 3 heteroatoms. The molecule has 2 nitrogen and oxygen atoms in total. The van der Waals surface area contributed by atoms with Crippen LogP contribution in [0.4, 0.5) is 0 Å². The van der Waals surface area contributed by atoms with Crippen molar-refractivity contribution in [2.24, 2.45) is 0 Å². The second-order valence-electron chi connectivity index (χ2n) is 3.69. The highest BCUT2D eigenvalue weighted by atomic mass is 32.2. The highest BCUT2D eigenvalue weighted by Crippen LogP contribution is 2.19. The molecule has 0 spiro atoms. The van der Waals surface area contributed by atoms with Gasteiger partial charge in [-0.2, -0.15) is 0 Å². The molecular weight excluding hydrogens is 220 g/mol. The molecule has 0 aliphatic rings. The van der Waals surface area contributed by atoms with Gasteiger partial charge in [0.15, 0.2) is 0 Å². The van der Waals surface area contributed by atoms with E-state index >= 15 is 0 Å². The van der Waals surface area contributed by atoms with Gasteiger partial charge in [0.1, 0.15) is 0 Å². The summed E-state index contributed by atoms with van der Waals surface area (Å²) in [5.41, 5.74) is 1.29. The predicted molar refractivity (Wildman–Crippen MR) is 67.8 cm³/mol. The van der Waals surface area contributed by atoms with Crippen LogP contribution in [0.1, 0.15) is 24.8 Å². The number of carbonyl (C=O) groups is 1. The Hall–Kier alpha value is -0.960. The normalized spacial score (nSPS) is 10.1. The molecule has 0 aliphatic carbocycles. The lowest BCUT2D eigenvalue weighted by molar-refractivity contribution is -0.140. The molecule has 0 bridgehead atoms. The Morgan fingerprint density at radius 3 is 2.56 bits per heavy atom. The van der Waals surface area contributed by atoms with E-state index in [1.807, 2.05) is 11.8 Å². The zero-order valence-corrected chi connectivity index (χ0v) is 10.7. The van der Waals surface area contributed by atoms with E-state index in [2.05, 4.69) is 35.9 Å². The molecule has 88 valence electrons. The molecule has 1 rings (SSSR count). The van der Waals surface area contributed by atoms with Crippen LogP contribution in [-0.2, 0) is 9.53 Å². The van der Waals surface area contributed by atoms with Crippen molar-refractivity contribution < 1.29 is 9.53 Å². The Bertz CT molecular complexity index is 319. The highest BCUT2D eigenvalue weighted by molar-refractivity contribution is 7.99. The smallest absolute Gasteiger partial charge is 0.305 e. The van der Waals surface area contributed by atoms with Crippen LogP contribution in [0.5, 0.6) is 0 Å². The molecule has 0 saturated carbocycles. The standard InChI is InChI=1S/C13H18O2S/c1-11-6-8-12(9-7-11)16-10-4-3-5-13(14)15-2/h6-9H,3-5,10H2,1-2H3. The maximum atomic E-state index is 10.9. The van der Waals surface area contributed by atoms with Crippen molar-refractivity contribution in [2.75, 3.05) is 12.9 Å². The Labute approximate surface area is 101 Å². The number of carbonyl (C=O) groups excluding carboxylic acids is 1. The van der Waals surface area contributed by atoms with Crippen molar-refractivity contribution in [1.29, 1.82) is 0 Å². The van der Waals surface area contributed by atoms with Gasteiger partial charge in [0.2, 0.25) is 0 Å². The number of unbranched alkanes of at least 4 members (excludes halogenated alkanes) is 1. The summed E-state index contributed by atoms with van der Waals surface area (Å²) in [4.78, 5) is 12.1. The lowest BCUT2D eigenvalue weighted by atomic mass is 10.2. The summed E-state index contributed by atoms with van der Waals surface area (Å²) in [6.07, 6.45) is 2.49. The zero-order chi connectivity index (χ0) is 11.8. The number of hydrogen-bond donors (Lipinski definition) is 0. The lowest BCUT2D eigenvalue weighted by Crippen LogP contribution is -1.99. The first kappa shape index (κ1) is 13.1. The molecular formula is C13H18O2S. The maximum Gasteiger partial charge on any atom is 0.305 e. The molecule has 0 amide bonds. The van der Waals surface area contributed by atoms with E-state index in [1.54, 1.807) is 0 Å². The third-order valence-electron chi connectivity index (χ3n) is 2.29. The Morgan fingerprint density at radius 2 is 1.94 bits per heavy atom. The molecule has 0 N–H and O–H groups in total. The molecule has 1 aromatic rings. The summed E-state index contributed by atoms with van der Waals surface area (Å²) in [5.74, 6) is 0.945. The fourth-order valence-corrected chi connectivity index (χ4v) is 2.21. The van der Waals surface area contributed by atoms with Crippen LogP contribution in [-0.4, -0.2) is 18.8 Å². The zero-order valence-electron chi connectivity index (χ0n) is 9.86. The summed E-state index contributed by atoms with van der Waals surface area (Å²) >= 11 is 1.84. The molecule has 0 fully saturated rings. The van der Waals surface area contributed by atoms with Gasteiger partial charge in [-0.05, 0) is 37.7 Å². The van der Waals surface area contributed by atoms with Gasteiger partial charge in [-0.25, -0.2) is 0 Å². The summed E-state index contributed by atoms with van der Waals surface area (Å²) in [7, 11) is 1.43. The quantitative estimate of drug-likeness (QED) is 0.431. The molecule has 0 aliphatic heterocycles. The molecule has 1 aromatic carbocycles. The van der Waals surface area contributed by atoms with Gasteiger partial charge < -0.3 is 4.74 Å². The van der Waals surface area contributed by atoms with Gasteiger partial charge in [-0.15, -0.1) is 11.8 Å². The van der Waals surface area contributed by atoms with Crippen LogP contribution in [0.2, 0.25) is 0 Å². The minimum atomic E-state index is -0.111. The number of esters is 1. The third kappa shape index (κ3) is 5.21. The number of methoxy groups -OCH3 is 1. The second kappa shape index (κ2) is 7.34. The predicted octanol–water partition coefficient (Wildman–Crippen LogP) is 3.43. The number of hydrogen-bond acceptors (Lipinski definition) is 3. The summed E-state index contributed by atoms with van der Waals surface area (Å²) < 4.78 is 4.58. The number of aryl methyl sites for hydroxylation is 1. The van der Waals surface area contributed by atoms with Crippen molar-refractivity contribution in [2.45, 2.75) is 31.1 Å². The average molecular weight is 238 g/mol. The highest BCUT2D eigenvalue weighted by Gasteiger charge is 1.99. The Morgan fingerprint density at radius 1 is 1.25 bits per heavy atom. The monoisotopic (exact) mass is 238 g/mol. The number of thioether (sulfide) groups is 1. The minimum Gasteiger partial charge on any atom is -0.469 e. The van der Waals surface area contributed by atoms with Crippen LogP contribution in [0.15, 0.2) is 29.2 Å². The van der Waals surface area contributed by atoms with E-state index in [0.717, 1.165) is 18.6 Å². The minimum absolute atomic E-state index is 0.111. The first-order valence-electron chi connectivity index (χ1n) is 5.48. The van der Waals surface area contributed by atoms with Crippen LogP contribution < -0.4 is 0 Å². The molecule has 0 unspecified atom stereocenters. The van der Waals surface area contributed by atoms with Crippen LogP contribution >= 0.6 is 11.8 Å². The fraction of sp³-hybridized carbons (Fsp3) is 0.462. The van der Waals surface area contributed by atoms with Gasteiger partial charge in [-0.1, -0.05) is 17.7 Å². The van der Waals surface area contributed by atoms with Crippen molar-refractivity contribution in [3.8, 4) is 0 Å². The summed E-state index contributed by atoms with van der Waals surface area (Å²) in [6.45, 7) is 2.09. The topological polar surface area (TPSA) is 26.3 Å². The van der Waals surface area contributed by atoms with Crippen molar-refractivity contribution in [1.82, 2.24) is 0 Å². The van der Waals surface area contributed by atoms with Crippen molar-refractivity contribution in [3.63, 3.8) is 0 Å². The second-order valence-corrected chi connectivity index (χ2v) is 4.86. The van der Waals surface area contributed by atoms with Crippen molar-refractivity contribution in [3.05, 3.63) is 29.8 Å². The number of ether oxygens (including phenoxy) is 1. The molecule has 0 radical (unpaired) electrons. The summed E-state index contributed by atoms with van der Waals surface area (Å²) in [6, 6.07) is 8.52. The van der Waals surface area contributed by atoms with Crippen LogP contribution in [0, 0.1) is 6.92 Å². The lowest BCUT2D eigenvalue weighted by Gasteiger charge is -2.02.